The van der Waals surface area contributed by atoms with Crippen molar-refractivity contribution in [1.82, 2.24) is 0 Å². The number of aliphatic hydroxyl groups is 1. The maximum atomic E-state index is 8.92. The van der Waals surface area contributed by atoms with Crippen LogP contribution in [0.15, 0.2) is 0 Å². The van der Waals surface area contributed by atoms with Gasteiger partial charge >= 0.3 is 0 Å². The van der Waals surface area contributed by atoms with Gasteiger partial charge in [0.05, 0.1) is 6.10 Å². The molecule has 2 N–H and O–H groups in total. The summed E-state index contributed by atoms with van der Waals surface area (Å²) >= 11 is 0. The Hall–Kier alpha value is -0.570. The SMILES string of the molecule is CC(O)CCC1CCC1.O=CO. The molecule has 0 radical (unpaired) electrons. The van der Waals surface area contributed by atoms with E-state index in [1.54, 1.807) is 0 Å². The highest BCUT2D eigenvalue weighted by Crippen LogP contribution is 2.30. The summed E-state index contributed by atoms with van der Waals surface area (Å²) in [5.74, 6) is 0.958. The van der Waals surface area contributed by atoms with Crippen molar-refractivity contribution in [3.05, 3.63) is 0 Å². The zero-order valence-electron chi connectivity index (χ0n) is 7.57. The fraction of sp³-hybridized carbons (Fsp3) is 0.889. The Labute approximate surface area is 73.4 Å². The van der Waals surface area contributed by atoms with Crippen LogP contribution in [0.2, 0.25) is 0 Å². The summed E-state index contributed by atoms with van der Waals surface area (Å²) in [6.45, 7) is 1.62. The quantitative estimate of drug-likeness (QED) is 0.639. The van der Waals surface area contributed by atoms with Crippen LogP contribution in [0.5, 0.6) is 0 Å². The van der Waals surface area contributed by atoms with Crippen molar-refractivity contribution in [3.63, 3.8) is 0 Å². The fourth-order valence-corrected chi connectivity index (χ4v) is 1.26. The number of carbonyl (C=O) groups is 1. The molecule has 1 aliphatic carbocycles. The van der Waals surface area contributed by atoms with Crippen LogP contribution < -0.4 is 0 Å². The largest absolute Gasteiger partial charge is 0.483 e. The number of hydrogen-bond donors (Lipinski definition) is 2. The molecule has 0 aromatic carbocycles. The molecule has 1 aliphatic rings. The molecule has 0 amide bonds. The van der Waals surface area contributed by atoms with Gasteiger partial charge in [0, 0.05) is 0 Å². The van der Waals surface area contributed by atoms with E-state index in [-0.39, 0.29) is 12.6 Å². The van der Waals surface area contributed by atoms with Gasteiger partial charge in [-0.3, -0.25) is 4.79 Å². The molecule has 0 spiro atoms. The van der Waals surface area contributed by atoms with Gasteiger partial charge in [-0.15, -0.1) is 0 Å². The lowest BCUT2D eigenvalue weighted by molar-refractivity contribution is -0.122. The van der Waals surface area contributed by atoms with Gasteiger partial charge in [0.15, 0.2) is 0 Å². The van der Waals surface area contributed by atoms with E-state index in [1.165, 1.54) is 25.7 Å². The molecule has 1 saturated carbocycles. The van der Waals surface area contributed by atoms with E-state index in [2.05, 4.69) is 0 Å². The Morgan fingerprint density at radius 1 is 1.58 bits per heavy atom. The highest BCUT2D eigenvalue weighted by Gasteiger charge is 2.16. The van der Waals surface area contributed by atoms with Crippen molar-refractivity contribution in [2.75, 3.05) is 0 Å². The third-order valence-electron chi connectivity index (χ3n) is 2.22. The van der Waals surface area contributed by atoms with Gasteiger partial charge in [0.1, 0.15) is 0 Å². The summed E-state index contributed by atoms with van der Waals surface area (Å²) in [5.41, 5.74) is 0. The van der Waals surface area contributed by atoms with Gasteiger partial charge in [0.25, 0.3) is 6.47 Å². The third kappa shape index (κ3) is 6.16. The molecule has 0 aliphatic heterocycles. The molecule has 1 fully saturated rings. The first-order chi connectivity index (χ1) is 5.70. The van der Waals surface area contributed by atoms with E-state index in [9.17, 15) is 0 Å². The van der Waals surface area contributed by atoms with Gasteiger partial charge in [0.2, 0.25) is 0 Å². The standard InChI is InChI=1S/C8H16O.CH2O2/c1-7(9)5-6-8-3-2-4-8;2-1-3/h7-9H,2-6H2,1H3;1H,(H,2,3). The van der Waals surface area contributed by atoms with Crippen LogP contribution in [0.4, 0.5) is 0 Å². The molecular formula is C9H18O3. The van der Waals surface area contributed by atoms with Crippen LogP contribution in [0.25, 0.3) is 0 Å². The zero-order valence-corrected chi connectivity index (χ0v) is 7.57. The topological polar surface area (TPSA) is 57.5 Å². The fourth-order valence-electron chi connectivity index (χ4n) is 1.26. The average molecular weight is 174 g/mol. The minimum Gasteiger partial charge on any atom is -0.483 e. The lowest BCUT2D eigenvalue weighted by Crippen LogP contribution is -2.13. The first-order valence-electron chi connectivity index (χ1n) is 4.46. The molecule has 1 rings (SSSR count). The van der Waals surface area contributed by atoms with Crippen molar-refractivity contribution in [2.24, 2.45) is 5.92 Å². The minimum absolute atomic E-state index is 0.0781. The molecule has 3 nitrogen and oxygen atoms in total. The Kier molecular flexibility index (Phi) is 6.76. The minimum atomic E-state index is -0.250. The van der Waals surface area contributed by atoms with Crippen LogP contribution in [0.3, 0.4) is 0 Å². The Balaban J connectivity index is 0.000000354. The van der Waals surface area contributed by atoms with E-state index in [4.69, 9.17) is 15.0 Å². The summed E-state index contributed by atoms with van der Waals surface area (Å²) in [6, 6.07) is 0. The second kappa shape index (κ2) is 7.10. The lowest BCUT2D eigenvalue weighted by atomic mass is 9.82. The number of carboxylic acid groups (broad SMARTS) is 1. The molecule has 0 heterocycles. The predicted molar refractivity (Wildman–Crippen MR) is 46.9 cm³/mol. The molecule has 3 heteroatoms. The van der Waals surface area contributed by atoms with Crippen molar-refractivity contribution in [2.45, 2.75) is 45.1 Å². The summed E-state index contributed by atoms with van der Waals surface area (Å²) < 4.78 is 0. The summed E-state index contributed by atoms with van der Waals surface area (Å²) in [4.78, 5) is 8.36. The monoisotopic (exact) mass is 174 g/mol. The Morgan fingerprint density at radius 3 is 2.33 bits per heavy atom. The molecule has 0 bridgehead atoms. The second-order valence-electron chi connectivity index (χ2n) is 3.33. The first kappa shape index (κ1) is 11.4. The maximum absolute atomic E-state index is 8.92. The smallest absolute Gasteiger partial charge is 0.290 e. The van der Waals surface area contributed by atoms with Crippen LogP contribution in [0, 0.1) is 5.92 Å². The van der Waals surface area contributed by atoms with Crippen LogP contribution in [-0.4, -0.2) is 22.8 Å². The second-order valence-corrected chi connectivity index (χ2v) is 3.33. The number of aliphatic hydroxyl groups excluding tert-OH is 1. The molecule has 0 aromatic rings. The zero-order chi connectivity index (χ0) is 9.40. The van der Waals surface area contributed by atoms with Crippen LogP contribution in [0.1, 0.15) is 39.0 Å². The maximum Gasteiger partial charge on any atom is 0.290 e. The number of rotatable bonds is 3. The predicted octanol–water partition coefficient (Wildman–Crippen LogP) is 1.65. The molecule has 1 unspecified atom stereocenters. The van der Waals surface area contributed by atoms with Crippen molar-refractivity contribution in [1.29, 1.82) is 0 Å². The molecular weight excluding hydrogens is 156 g/mol. The number of hydrogen-bond acceptors (Lipinski definition) is 2. The average Bonchev–Trinajstić information content (AvgIpc) is 1.84. The third-order valence-corrected chi connectivity index (χ3v) is 2.22. The van der Waals surface area contributed by atoms with Gasteiger partial charge in [-0.25, -0.2) is 0 Å². The van der Waals surface area contributed by atoms with Crippen LogP contribution >= 0.6 is 0 Å². The van der Waals surface area contributed by atoms with E-state index in [0.29, 0.717) is 0 Å². The summed E-state index contributed by atoms with van der Waals surface area (Å²) in [5, 5.41) is 15.8. The lowest BCUT2D eigenvalue weighted by Gasteiger charge is -2.25. The van der Waals surface area contributed by atoms with E-state index in [0.717, 1.165) is 12.3 Å². The Morgan fingerprint density at radius 2 is 2.08 bits per heavy atom. The van der Waals surface area contributed by atoms with Crippen molar-refractivity contribution < 1.29 is 15.0 Å². The molecule has 0 aromatic heterocycles. The van der Waals surface area contributed by atoms with E-state index >= 15 is 0 Å². The van der Waals surface area contributed by atoms with Gasteiger partial charge in [-0.2, -0.15) is 0 Å². The van der Waals surface area contributed by atoms with Gasteiger partial charge < -0.3 is 10.2 Å². The van der Waals surface area contributed by atoms with E-state index in [1.807, 2.05) is 6.92 Å². The molecule has 12 heavy (non-hydrogen) atoms. The highest BCUT2D eigenvalue weighted by molar-refractivity contribution is 5.32. The Bertz CT molecular complexity index is 108. The summed E-state index contributed by atoms with van der Waals surface area (Å²) in [7, 11) is 0. The van der Waals surface area contributed by atoms with Crippen molar-refractivity contribution >= 4 is 6.47 Å². The summed E-state index contributed by atoms with van der Waals surface area (Å²) in [6.07, 6.45) is 6.41. The van der Waals surface area contributed by atoms with Gasteiger partial charge in [-0.1, -0.05) is 19.3 Å². The molecule has 0 saturated heterocycles. The van der Waals surface area contributed by atoms with Gasteiger partial charge in [-0.05, 0) is 25.7 Å². The van der Waals surface area contributed by atoms with Crippen LogP contribution in [-0.2, 0) is 4.79 Å². The van der Waals surface area contributed by atoms with E-state index < -0.39 is 0 Å². The first-order valence-corrected chi connectivity index (χ1v) is 4.46. The normalized spacial score (nSPS) is 18.5. The highest BCUT2D eigenvalue weighted by atomic mass is 16.3. The molecule has 72 valence electrons. The van der Waals surface area contributed by atoms with Crippen molar-refractivity contribution in [3.8, 4) is 0 Å². The molecule has 1 atom stereocenters.